The molecule has 2 saturated carbocycles. The van der Waals surface area contributed by atoms with Gasteiger partial charge < -0.3 is 9.84 Å². The number of thiol groups is 1. The third kappa shape index (κ3) is 7.68. The van der Waals surface area contributed by atoms with Crippen LogP contribution in [0.15, 0.2) is 54.6 Å². The Hall–Kier alpha value is -2.63. The number of carbonyl (C=O) groups excluding carboxylic acids is 2. The molecule has 3 unspecified atom stereocenters. The molecule has 1 saturated heterocycles. The molecule has 0 spiro atoms. The maximum absolute atomic E-state index is 12.8. The molecule has 1 N–H and O–H groups in total. The number of cyclic esters (lactones) is 1. The van der Waals surface area contributed by atoms with Crippen LogP contribution in [0, 0.1) is 11.8 Å². The van der Waals surface area contributed by atoms with Crippen LogP contribution in [-0.2, 0) is 26.2 Å². The molecule has 3 fully saturated rings. The first kappa shape index (κ1) is 35.2. The zero-order valence-corrected chi connectivity index (χ0v) is 29.2. The number of Topliss-reactive ketones (excluding diaryl/α,β-unsaturated/α-hetero) is 1. The summed E-state index contributed by atoms with van der Waals surface area (Å²) in [6.07, 6.45) is 9.72. The molecule has 0 amide bonds. The van der Waals surface area contributed by atoms with E-state index in [4.69, 9.17) is 17.4 Å². The van der Waals surface area contributed by atoms with Crippen molar-refractivity contribution in [3.05, 3.63) is 71.3 Å². The SMILES string of the molecule is CC.CC.CC1(C)CC(=O)C(c2ccc3cc(-c4ccc(CCCO)c(C5(CS)CC6CCCC(C6)C5)c4)ccc3c2)C(=O)O1. The van der Waals surface area contributed by atoms with Crippen LogP contribution in [0.3, 0.4) is 0 Å². The molecule has 3 aliphatic rings. The number of fused-ring (bicyclic) bond motifs is 3. The van der Waals surface area contributed by atoms with Gasteiger partial charge in [-0.2, -0.15) is 12.6 Å². The van der Waals surface area contributed by atoms with Gasteiger partial charge in [-0.15, -0.1) is 0 Å². The molecule has 5 heteroatoms. The molecular weight excluding hydrogens is 577 g/mol. The van der Waals surface area contributed by atoms with Gasteiger partial charge >= 0.3 is 5.97 Å². The van der Waals surface area contributed by atoms with Crippen molar-refractivity contribution in [3.63, 3.8) is 0 Å². The van der Waals surface area contributed by atoms with Gasteiger partial charge in [-0.05, 0) is 114 Å². The van der Waals surface area contributed by atoms with Crippen LogP contribution in [0.2, 0.25) is 0 Å². The summed E-state index contributed by atoms with van der Waals surface area (Å²) in [6, 6.07) is 19.2. The van der Waals surface area contributed by atoms with Crippen LogP contribution >= 0.6 is 12.6 Å². The molecule has 1 aliphatic heterocycles. The number of ether oxygens (including phenoxy) is 1. The summed E-state index contributed by atoms with van der Waals surface area (Å²) in [6.45, 7) is 11.8. The van der Waals surface area contributed by atoms with Crippen molar-refractivity contribution in [2.75, 3.05) is 12.4 Å². The lowest BCUT2D eigenvalue weighted by atomic mass is 9.58. The first-order chi connectivity index (χ1) is 21.7. The van der Waals surface area contributed by atoms with Crippen molar-refractivity contribution in [3.8, 4) is 11.1 Å². The van der Waals surface area contributed by atoms with Crippen LogP contribution in [0.1, 0.15) is 116 Å². The average molecular weight is 631 g/mol. The molecule has 3 aromatic carbocycles. The molecule has 45 heavy (non-hydrogen) atoms. The van der Waals surface area contributed by atoms with E-state index in [0.29, 0.717) is 5.56 Å². The summed E-state index contributed by atoms with van der Waals surface area (Å²) in [4.78, 5) is 25.5. The predicted octanol–water partition coefficient (Wildman–Crippen LogP) is 9.63. The molecule has 6 rings (SSSR count). The predicted molar refractivity (Wildman–Crippen MR) is 190 cm³/mol. The van der Waals surface area contributed by atoms with Gasteiger partial charge in [0.2, 0.25) is 0 Å². The van der Waals surface area contributed by atoms with Gasteiger partial charge in [0.1, 0.15) is 11.5 Å². The van der Waals surface area contributed by atoms with Crippen LogP contribution in [0.4, 0.5) is 0 Å². The Labute approximate surface area is 276 Å². The monoisotopic (exact) mass is 630 g/mol. The molecule has 244 valence electrons. The van der Waals surface area contributed by atoms with Gasteiger partial charge in [-0.3, -0.25) is 9.59 Å². The third-order valence-corrected chi connectivity index (χ3v) is 10.5. The van der Waals surface area contributed by atoms with Crippen molar-refractivity contribution in [2.45, 2.75) is 116 Å². The lowest BCUT2D eigenvalue weighted by molar-refractivity contribution is -0.168. The summed E-state index contributed by atoms with van der Waals surface area (Å²) in [5, 5.41) is 11.7. The number of aryl methyl sites for hydroxylation is 1. The Morgan fingerprint density at radius 1 is 0.867 bits per heavy atom. The summed E-state index contributed by atoms with van der Waals surface area (Å²) in [5.41, 5.74) is 5.18. The largest absolute Gasteiger partial charge is 0.458 e. The normalized spacial score (nSPS) is 25.4. The molecule has 2 bridgehead atoms. The van der Waals surface area contributed by atoms with Crippen LogP contribution in [0.5, 0.6) is 0 Å². The van der Waals surface area contributed by atoms with Crippen LogP contribution in [0.25, 0.3) is 21.9 Å². The zero-order valence-electron chi connectivity index (χ0n) is 28.3. The van der Waals surface area contributed by atoms with Crippen molar-refractivity contribution in [1.29, 1.82) is 0 Å². The Bertz CT molecular complexity index is 1440. The Morgan fingerprint density at radius 2 is 1.49 bits per heavy atom. The van der Waals surface area contributed by atoms with Gasteiger partial charge in [0.15, 0.2) is 5.78 Å². The number of esters is 1. The number of rotatable bonds is 7. The minimum Gasteiger partial charge on any atom is -0.458 e. The summed E-state index contributed by atoms with van der Waals surface area (Å²) in [7, 11) is 0. The van der Waals surface area contributed by atoms with E-state index in [-0.39, 0.29) is 24.2 Å². The Kier molecular flexibility index (Phi) is 12.0. The highest BCUT2D eigenvalue weighted by molar-refractivity contribution is 7.80. The highest BCUT2D eigenvalue weighted by Crippen LogP contribution is 2.52. The van der Waals surface area contributed by atoms with Gasteiger partial charge in [0, 0.05) is 18.4 Å². The van der Waals surface area contributed by atoms with Crippen molar-refractivity contribution < 1.29 is 19.4 Å². The molecule has 0 aromatic heterocycles. The molecule has 1 heterocycles. The number of aliphatic hydroxyl groups is 1. The van der Waals surface area contributed by atoms with Gasteiger partial charge in [-0.1, -0.05) is 89.4 Å². The topological polar surface area (TPSA) is 63.6 Å². The molecule has 4 nitrogen and oxygen atoms in total. The van der Waals surface area contributed by atoms with Gasteiger partial charge in [0.25, 0.3) is 0 Å². The van der Waals surface area contributed by atoms with Gasteiger partial charge in [0.05, 0.1) is 0 Å². The second-order valence-electron chi connectivity index (χ2n) is 13.5. The minimum atomic E-state index is -0.853. The van der Waals surface area contributed by atoms with E-state index in [1.54, 1.807) is 13.8 Å². The fourth-order valence-electron chi connectivity index (χ4n) is 8.10. The number of hydrogen-bond acceptors (Lipinski definition) is 5. The smallest absolute Gasteiger partial charge is 0.321 e. The second-order valence-corrected chi connectivity index (χ2v) is 13.8. The molecule has 3 aromatic rings. The number of aliphatic hydroxyl groups excluding tert-OH is 1. The molecule has 3 atom stereocenters. The minimum absolute atomic E-state index is 0.0824. The molecule has 0 radical (unpaired) electrons. The molecule has 2 aliphatic carbocycles. The van der Waals surface area contributed by atoms with Crippen molar-refractivity contribution in [2.24, 2.45) is 11.8 Å². The summed E-state index contributed by atoms with van der Waals surface area (Å²) in [5.74, 6) is 1.04. The maximum Gasteiger partial charge on any atom is 0.321 e. The van der Waals surface area contributed by atoms with E-state index in [1.807, 2.05) is 45.9 Å². The number of ketones is 1. The van der Waals surface area contributed by atoms with E-state index < -0.39 is 17.5 Å². The molecular formula is C40H54O4S. The second kappa shape index (κ2) is 15.3. The van der Waals surface area contributed by atoms with E-state index in [0.717, 1.165) is 46.8 Å². The maximum atomic E-state index is 12.8. The zero-order chi connectivity index (χ0) is 32.8. The lowest BCUT2D eigenvalue weighted by Crippen LogP contribution is -2.42. The third-order valence-electron chi connectivity index (χ3n) is 9.90. The number of hydrogen-bond donors (Lipinski definition) is 2. The number of benzene rings is 3. The van der Waals surface area contributed by atoms with Gasteiger partial charge in [-0.25, -0.2) is 0 Å². The summed E-state index contributed by atoms with van der Waals surface area (Å²) < 4.78 is 5.56. The fraction of sp³-hybridized carbons (Fsp3) is 0.550. The van der Waals surface area contributed by atoms with E-state index >= 15 is 0 Å². The average Bonchev–Trinajstić information content (AvgIpc) is 3.04. The van der Waals surface area contributed by atoms with Crippen molar-refractivity contribution >= 4 is 35.2 Å². The quantitative estimate of drug-likeness (QED) is 0.155. The lowest BCUT2D eigenvalue weighted by Gasteiger charge is -2.48. The summed E-state index contributed by atoms with van der Waals surface area (Å²) >= 11 is 4.98. The van der Waals surface area contributed by atoms with E-state index in [9.17, 15) is 14.7 Å². The standard InChI is InChI=1S/C36H42O4S.2C2H6/c1-35(2)21-32(38)33(34(39)40-35)30-13-12-26-16-27(10-11-28(26)17-30)29-9-8-25(7-4-14-37)31(18-29)36(22-41)19-23-5-3-6-24(15-23)20-36;2*1-2/h8-13,16-18,23-24,33,37,41H,3-7,14-15,19-22H2,1-2H3;2*1-2H3. The number of carbonyl (C=O) groups is 2. The highest BCUT2D eigenvalue weighted by atomic mass is 32.1. The van der Waals surface area contributed by atoms with Crippen LogP contribution in [-0.4, -0.2) is 34.8 Å². The fourth-order valence-corrected chi connectivity index (χ4v) is 8.53. The highest BCUT2D eigenvalue weighted by Gasteiger charge is 2.44. The van der Waals surface area contributed by atoms with Crippen LogP contribution < -0.4 is 0 Å². The van der Waals surface area contributed by atoms with E-state index in [1.165, 1.54) is 55.2 Å². The Morgan fingerprint density at radius 3 is 2.13 bits per heavy atom. The van der Waals surface area contributed by atoms with E-state index in [2.05, 4.69) is 36.4 Å². The van der Waals surface area contributed by atoms with Crippen molar-refractivity contribution in [1.82, 2.24) is 0 Å². The Balaban J connectivity index is 0.00000111. The first-order valence-corrected chi connectivity index (χ1v) is 18.0. The first-order valence-electron chi connectivity index (χ1n) is 17.3.